The van der Waals surface area contributed by atoms with Crippen molar-refractivity contribution in [3.63, 3.8) is 0 Å². The Hall–Kier alpha value is -0.850. The predicted octanol–water partition coefficient (Wildman–Crippen LogP) is 6.00. The summed E-state index contributed by atoms with van der Waals surface area (Å²) in [6, 6.07) is 0. The normalized spacial score (nSPS) is 10.9. The maximum atomic E-state index is 10.1. The van der Waals surface area contributed by atoms with Crippen LogP contribution in [0, 0.1) is 0 Å². The largest absolute Gasteiger partial charge is 0.303 e. The zero-order valence-corrected chi connectivity index (χ0v) is 12.6. The van der Waals surface area contributed by atoms with Crippen LogP contribution in [0.3, 0.4) is 0 Å². The third-order valence-corrected chi connectivity index (χ3v) is 3.46. The summed E-state index contributed by atoms with van der Waals surface area (Å²) >= 11 is 0. The van der Waals surface area contributed by atoms with Gasteiger partial charge in [-0.2, -0.15) is 0 Å². The Morgan fingerprint density at radius 2 is 1.05 bits per heavy atom. The van der Waals surface area contributed by atoms with Crippen LogP contribution < -0.4 is 0 Å². The molecule has 0 unspecified atom stereocenters. The van der Waals surface area contributed by atoms with Crippen LogP contribution in [-0.4, -0.2) is 6.29 Å². The van der Waals surface area contributed by atoms with Gasteiger partial charge in [-0.05, 0) is 19.3 Å². The Bertz CT molecular complexity index is 218. The maximum absolute atomic E-state index is 10.1. The van der Waals surface area contributed by atoms with Crippen molar-refractivity contribution in [1.82, 2.24) is 0 Å². The molecule has 0 aliphatic carbocycles. The summed E-state index contributed by atoms with van der Waals surface area (Å²) in [5.41, 5.74) is 0. The molecular formula is C18H32O. The van der Waals surface area contributed by atoms with Crippen molar-refractivity contribution in [2.24, 2.45) is 0 Å². The minimum Gasteiger partial charge on any atom is -0.303 e. The van der Waals surface area contributed by atoms with Crippen molar-refractivity contribution in [3.8, 4) is 0 Å². The zero-order valence-electron chi connectivity index (χ0n) is 12.6. The maximum Gasteiger partial charge on any atom is 0.119 e. The molecule has 0 radical (unpaired) electrons. The van der Waals surface area contributed by atoms with E-state index in [1.165, 1.54) is 70.6 Å². The first-order valence-electron chi connectivity index (χ1n) is 8.13. The number of rotatable bonds is 15. The molecule has 0 fully saturated rings. The predicted molar refractivity (Wildman–Crippen MR) is 85.4 cm³/mol. The number of hydrogen-bond donors (Lipinski definition) is 0. The number of aldehydes is 1. The van der Waals surface area contributed by atoms with E-state index in [4.69, 9.17) is 0 Å². The summed E-state index contributed by atoms with van der Waals surface area (Å²) in [6.45, 7) is 3.66. The average molecular weight is 264 g/mol. The van der Waals surface area contributed by atoms with E-state index in [9.17, 15) is 4.79 Å². The smallest absolute Gasteiger partial charge is 0.119 e. The van der Waals surface area contributed by atoms with Crippen LogP contribution in [0.2, 0.25) is 0 Å². The van der Waals surface area contributed by atoms with Gasteiger partial charge in [0.05, 0.1) is 0 Å². The summed E-state index contributed by atoms with van der Waals surface area (Å²) in [6.07, 6.45) is 23.7. The van der Waals surface area contributed by atoms with E-state index < -0.39 is 0 Å². The first-order valence-corrected chi connectivity index (χ1v) is 8.13. The lowest BCUT2D eigenvalue weighted by atomic mass is 10.0. The molecule has 1 nitrogen and oxygen atoms in total. The topological polar surface area (TPSA) is 17.1 Å². The number of unbranched alkanes of at least 4 members (excludes halogenated alkanes) is 12. The molecule has 0 saturated carbocycles. The highest BCUT2D eigenvalue weighted by atomic mass is 16.1. The van der Waals surface area contributed by atoms with Crippen LogP contribution in [0.1, 0.15) is 83.5 Å². The highest BCUT2D eigenvalue weighted by Crippen LogP contribution is 2.12. The highest BCUT2D eigenvalue weighted by Gasteiger charge is 1.93. The minimum absolute atomic E-state index is 0.752. The third kappa shape index (κ3) is 17.1. The Labute approximate surface area is 120 Å². The summed E-state index contributed by atoms with van der Waals surface area (Å²) < 4.78 is 0. The van der Waals surface area contributed by atoms with Crippen molar-refractivity contribution in [2.75, 3.05) is 0 Å². The van der Waals surface area contributed by atoms with Gasteiger partial charge >= 0.3 is 0 Å². The lowest BCUT2D eigenvalue weighted by molar-refractivity contribution is -0.107. The molecule has 0 amide bonds. The van der Waals surface area contributed by atoms with Crippen LogP contribution in [0.25, 0.3) is 0 Å². The summed E-state index contributed by atoms with van der Waals surface area (Å²) in [5.74, 6) is 0. The van der Waals surface area contributed by atoms with E-state index in [-0.39, 0.29) is 0 Å². The van der Waals surface area contributed by atoms with E-state index in [0.29, 0.717) is 0 Å². The van der Waals surface area contributed by atoms with Gasteiger partial charge in [-0.25, -0.2) is 0 Å². The van der Waals surface area contributed by atoms with Crippen molar-refractivity contribution >= 4 is 6.29 Å². The summed E-state index contributed by atoms with van der Waals surface area (Å²) in [7, 11) is 0. The van der Waals surface area contributed by atoms with Crippen molar-refractivity contribution in [3.05, 3.63) is 24.8 Å². The summed E-state index contributed by atoms with van der Waals surface area (Å²) in [4.78, 5) is 10.1. The molecule has 1 heteroatoms. The van der Waals surface area contributed by atoms with Crippen LogP contribution >= 0.6 is 0 Å². The van der Waals surface area contributed by atoms with E-state index in [1.807, 2.05) is 12.2 Å². The Morgan fingerprint density at radius 1 is 0.632 bits per heavy atom. The van der Waals surface area contributed by atoms with Crippen molar-refractivity contribution in [2.45, 2.75) is 83.5 Å². The molecule has 0 heterocycles. The van der Waals surface area contributed by atoms with Gasteiger partial charge in [-0.3, -0.25) is 0 Å². The van der Waals surface area contributed by atoms with E-state index in [1.54, 1.807) is 0 Å². The molecule has 0 aliphatic heterocycles. The van der Waals surface area contributed by atoms with E-state index in [2.05, 4.69) is 12.7 Å². The van der Waals surface area contributed by atoms with E-state index >= 15 is 0 Å². The number of carbonyl (C=O) groups excluding carboxylic acids is 1. The zero-order chi connectivity index (χ0) is 14.0. The lowest BCUT2D eigenvalue weighted by Gasteiger charge is -2.02. The standard InChI is InChI=1S/C18H32O/c1-2-3-4-5-6-7-8-9-10-11-12-13-14-15-16-17-18-19/h2-4,18H,1,5-17H2/b4-3-. The Balaban J connectivity index is 2.96. The van der Waals surface area contributed by atoms with Crippen molar-refractivity contribution < 1.29 is 4.79 Å². The number of carbonyl (C=O) groups is 1. The molecule has 0 aromatic carbocycles. The van der Waals surface area contributed by atoms with Gasteiger partial charge in [0.15, 0.2) is 0 Å². The lowest BCUT2D eigenvalue weighted by Crippen LogP contribution is -1.83. The molecule has 0 rings (SSSR count). The second kappa shape index (κ2) is 17.2. The molecule has 0 aromatic rings. The second-order valence-corrected chi connectivity index (χ2v) is 5.30. The van der Waals surface area contributed by atoms with Crippen LogP contribution in [-0.2, 0) is 4.79 Å². The minimum atomic E-state index is 0.752. The first-order chi connectivity index (χ1) is 9.41. The number of allylic oxidation sites excluding steroid dienone is 3. The third-order valence-electron chi connectivity index (χ3n) is 3.46. The molecule has 19 heavy (non-hydrogen) atoms. The second-order valence-electron chi connectivity index (χ2n) is 5.30. The van der Waals surface area contributed by atoms with Gasteiger partial charge in [-0.1, -0.05) is 82.6 Å². The van der Waals surface area contributed by atoms with Crippen LogP contribution in [0.15, 0.2) is 24.8 Å². The fourth-order valence-corrected chi connectivity index (χ4v) is 2.27. The van der Waals surface area contributed by atoms with Crippen LogP contribution in [0.5, 0.6) is 0 Å². The Kier molecular flexibility index (Phi) is 16.4. The molecule has 0 aliphatic rings. The van der Waals surface area contributed by atoms with Gasteiger partial charge in [-0.15, -0.1) is 0 Å². The first kappa shape index (κ1) is 18.1. The molecule has 0 N–H and O–H groups in total. The Morgan fingerprint density at radius 3 is 1.47 bits per heavy atom. The molecule has 0 aromatic heterocycles. The van der Waals surface area contributed by atoms with Gasteiger partial charge in [0.1, 0.15) is 6.29 Å². The molecule has 0 bridgehead atoms. The van der Waals surface area contributed by atoms with E-state index in [0.717, 1.165) is 19.1 Å². The fraction of sp³-hybridized carbons (Fsp3) is 0.722. The van der Waals surface area contributed by atoms with Gasteiger partial charge < -0.3 is 4.79 Å². The fourth-order valence-electron chi connectivity index (χ4n) is 2.27. The highest BCUT2D eigenvalue weighted by molar-refractivity contribution is 5.48. The quantitative estimate of drug-likeness (QED) is 0.201. The average Bonchev–Trinajstić information content (AvgIpc) is 2.43. The van der Waals surface area contributed by atoms with Crippen molar-refractivity contribution in [1.29, 1.82) is 0 Å². The molecular weight excluding hydrogens is 232 g/mol. The molecule has 0 saturated heterocycles. The van der Waals surface area contributed by atoms with Gasteiger partial charge in [0.25, 0.3) is 0 Å². The van der Waals surface area contributed by atoms with Gasteiger partial charge in [0.2, 0.25) is 0 Å². The van der Waals surface area contributed by atoms with Gasteiger partial charge in [0, 0.05) is 6.42 Å². The number of hydrogen-bond acceptors (Lipinski definition) is 1. The molecule has 0 spiro atoms. The SMILES string of the molecule is C=C/C=C\CCCCCCCCCCCCCC=O. The molecule has 0 atom stereocenters. The molecule has 110 valence electrons. The summed E-state index contributed by atoms with van der Waals surface area (Å²) in [5, 5.41) is 0. The van der Waals surface area contributed by atoms with Crippen LogP contribution in [0.4, 0.5) is 0 Å². The monoisotopic (exact) mass is 264 g/mol.